The number of para-hydroxylation sites is 1. The second-order valence-electron chi connectivity index (χ2n) is 3.87. The summed E-state index contributed by atoms with van der Waals surface area (Å²) in [4.78, 5) is 4.29. The molecule has 0 saturated heterocycles. The van der Waals surface area contributed by atoms with Gasteiger partial charge in [0.15, 0.2) is 17.3 Å². The van der Waals surface area contributed by atoms with E-state index >= 15 is 0 Å². The van der Waals surface area contributed by atoms with Crippen LogP contribution in [0, 0.1) is 0 Å². The number of benzene rings is 1. The third kappa shape index (κ3) is 2.66. The Balaban J connectivity index is 2.44. The van der Waals surface area contributed by atoms with Gasteiger partial charge in [0, 0.05) is 0 Å². The fourth-order valence-electron chi connectivity index (χ4n) is 1.71. The van der Waals surface area contributed by atoms with Crippen LogP contribution >= 0.6 is 11.6 Å². The van der Waals surface area contributed by atoms with Gasteiger partial charge in [-0.25, -0.2) is 0 Å². The molecule has 1 unspecified atom stereocenters. The van der Waals surface area contributed by atoms with Crippen molar-refractivity contribution in [2.45, 2.75) is 18.7 Å². The number of hydrogen-bond donors (Lipinski definition) is 0. The summed E-state index contributed by atoms with van der Waals surface area (Å²) in [7, 11) is 3.14. The molecule has 1 aromatic heterocycles. The van der Waals surface area contributed by atoms with Crippen LogP contribution in [0.5, 0.6) is 11.5 Å². The molecule has 1 aromatic carbocycles. The number of ether oxygens (including phenoxy) is 2. The largest absolute Gasteiger partial charge is 0.493 e. The van der Waals surface area contributed by atoms with Gasteiger partial charge in [0.1, 0.15) is 0 Å². The Labute approximate surface area is 116 Å². The Kier molecular flexibility index (Phi) is 4.27. The van der Waals surface area contributed by atoms with Crippen LogP contribution in [-0.2, 0) is 0 Å². The van der Waals surface area contributed by atoms with Gasteiger partial charge < -0.3 is 14.0 Å². The molecule has 0 amide bonds. The SMILES string of the molecule is CCC(Cl)c1noc(-c2cccc(OC)c2OC)n1. The quantitative estimate of drug-likeness (QED) is 0.786. The van der Waals surface area contributed by atoms with Crippen molar-refractivity contribution in [2.24, 2.45) is 0 Å². The maximum Gasteiger partial charge on any atom is 0.261 e. The van der Waals surface area contributed by atoms with E-state index in [1.165, 1.54) is 0 Å². The van der Waals surface area contributed by atoms with E-state index in [0.29, 0.717) is 28.8 Å². The van der Waals surface area contributed by atoms with Crippen molar-refractivity contribution in [3.8, 4) is 23.0 Å². The predicted octanol–water partition coefficient (Wildman–Crippen LogP) is 3.44. The van der Waals surface area contributed by atoms with Crippen LogP contribution in [0.15, 0.2) is 22.7 Å². The lowest BCUT2D eigenvalue weighted by atomic mass is 10.2. The minimum atomic E-state index is -0.255. The Morgan fingerprint density at radius 1 is 1.32 bits per heavy atom. The number of aromatic nitrogens is 2. The molecule has 1 atom stereocenters. The first kappa shape index (κ1) is 13.7. The molecule has 19 heavy (non-hydrogen) atoms. The monoisotopic (exact) mass is 282 g/mol. The van der Waals surface area contributed by atoms with E-state index in [1.54, 1.807) is 20.3 Å². The number of halogens is 1. The van der Waals surface area contributed by atoms with Crippen molar-refractivity contribution in [3.63, 3.8) is 0 Å². The summed E-state index contributed by atoms with van der Waals surface area (Å²) in [5.41, 5.74) is 0.681. The highest BCUT2D eigenvalue weighted by Gasteiger charge is 2.19. The zero-order valence-electron chi connectivity index (χ0n) is 11.0. The number of methoxy groups -OCH3 is 2. The minimum absolute atomic E-state index is 0.255. The minimum Gasteiger partial charge on any atom is -0.493 e. The van der Waals surface area contributed by atoms with E-state index in [0.717, 1.165) is 6.42 Å². The zero-order valence-corrected chi connectivity index (χ0v) is 11.8. The predicted molar refractivity (Wildman–Crippen MR) is 71.7 cm³/mol. The highest BCUT2D eigenvalue weighted by Crippen LogP contribution is 2.37. The van der Waals surface area contributed by atoms with E-state index in [1.807, 2.05) is 19.1 Å². The number of alkyl halides is 1. The Morgan fingerprint density at radius 3 is 2.74 bits per heavy atom. The second kappa shape index (κ2) is 5.93. The van der Waals surface area contributed by atoms with E-state index in [-0.39, 0.29) is 5.38 Å². The molecule has 0 aliphatic heterocycles. The van der Waals surface area contributed by atoms with Gasteiger partial charge in [0.25, 0.3) is 5.89 Å². The van der Waals surface area contributed by atoms with Crippen LogP contribution in [0.4, 0.5) is 0 Å². The lowest BCUT2D eigenvalue weighted by Crippen LogP contribution is -1.94. The van der Waals surface area contributed by atoms with Crippen molar-refractivity contribution in [2.75, 3.05) is 14.2 Å². The molecule has 5 nitrogen and oxygen atoms in total. The molecule has 0 N–H and O–H groups in total. The van der Waals surface area contributed by atoms with Crippen molar-refractivity contribution >= 4 is 11.6 Å². The Morgan fingerprint density at radius 2 is 2.11 bits per heavy atom. The van der Waals surface area contributed by atoms with Gasteiger partial charge in [-0.2, -0.15) is 4.98 Å². The van der Waals surface area contributed by atoms with Crippen molar-refractivity contribution in [3.05, 3.63) is 24.0 Å². The second-order valence-corrected chi connectivity index (χ2v) is 4.40. The van der Waals surface area contributed by atoms with Gasteiger partial charge in [0.05, 0.1) is 25.2 Å². The molecule has 0 aliphatic rings. The van der Waals surface area contributed by atoms with Crippen LogP contribution in [-0.4, -0.2) is 24.4 Å². The molecule has 2 aromatic rings. The van der Waals surface area contributed by atoms with E-state index in [9.17, 15) is 0 Å². The summed E-state index contributed by atoms with van der Waals surface area (Å²) in [5.74, 6) is 2.01. The molecule has 0 aliphatic carbocycles. The van der Waals surface area contributed by atoms with Gasteiger partial charge in [-0.15, -0.1) is 11.6 Å². The number of hydrogen-bond acceptors (Lipinski definition) is 5. The lowest BCUT2D eigenvalue weighted by molar-refractivity contribution is 0.353. The van der Waals surface area contributed by atoms with Gasteiger partial charge in [0.2, 0.25) is 0 Å². The van der Waals surface area contributed by atoms with Gasteiger partial charge in [-0.05, 0) is 18.6 Å². The number of rotatable bonds is 5. The summed E-state index contributed by atoms with van der Waals surface area (Å²) in [6.45, 7) is 1.96. The molecular formula is C13H15ClN2O3. The summed E-state index contributed by atoms with van der Waals surface area (Å²) >= 11 is 6.08. The smallest absolute Gasteiger partial charge is 0.261 e. The normalized spacial score (nSPS) is 12.2. The highest BCUT2D eigenvalue weighted by atomic mass is 35.5. The van der Waals surface area contributed by atoms with Crippen LogP contribution < -0.4 is 9.47 Å². The maximum absolute atomic E-state index is 6.08. The molecule has 0 radical (unpaired) electrons. The zero-order chi connectivity index (χ0) is 13.8. The van der Waals surface area contributed by atoms with Gasteiger partial charge in [-0.3, -0.25) is 0 Å². The third-order valence-electron chi connectivity index (χ3n) is 2.71. The van der Waals surface area contributed by atoms with E-state index in [4.69, 9.17) is 25.6 Å². The molecule has 0 bridgehead atoms. The molecule has 0 spiro atoms. The molecular weight excluding hydrogens is 268 g/mol. The molecule has 102 valence electrons. The summed E-state index contributed by atoms with van der Waals surface area (Å²) in [6, 6.07) is 5.46. The topological polar surface area (TPSA) is 57.4 Å². The van der Waals surface area contributed by atoms with Crippen molar-refractivity contribution < 1.29 is 14.0 Å². The maximum atomic E-state index is 6.08. The Bertz CT molecular complexity index is 557. The molecule has 2 rings (SSSR count). The first-order chi connectivity index (χ1) is 9.21. The molecule has 1 heterocycles. The average Bonchev–Trinajstić information content (AvgIpc) is 2.95. The van der Waals surface area contributed by atoms with Gasteiger partial charge >= 0.3 is 0 Å². The first-order valence-corrected chi connectivity index (χ1v) is 6.33. The first-order valence-electron chi connectivity index (χ1n) is 5.90. The summed E-state index contributed by atoms with van der Waals surface area (Å²) in [5, 5.41) is 3.62. The fourth-order valence-corrected chi connectivity index (χ4v) is 1.80. The standard InChI is InChI=1S/C13H15ClN2O3/c1-4-9(14)12-15-13(19-16-12)8-6-5-7-10(17-2)11(8)18-3/h5-7,9H,4H2,1-3H3. The molecule has 0 fully saturated rings. The van der Waals surface area contributed by atoms with Crippen molar-refractivity contribution in [1.82, 2.24) is 10.1 Å². The summed E-state index contributed by atoms with van der Waals surface area (Å²) < 4.78 is 15.8. The third-order valence-corrected chi connectivity index (χ3v) is 3.22. The highest BCUT2D eigenvalue weighted by molar-refractivity contribution is 6.20. The Hall–Kier alpha value is -1.75. The van der Waals surface area contributed by atoms with Crippen LogP contribution in [0.1, 0.15) is 24.5 Å². The molecule has 0 saturated carbocycles. The van der Waals surface area contributed by atoms with Crippen LogP contribution in [0.3, 0.4) is 0 Å². The van der Waals surface area contributed by atoms with E-state index in [2.05, 4.69) is 10.1 Å². The van der Waals surface area contributed by atoms with E-state index < -0.39 is 0 Å². The van der Waals surface area contributed by atoms with Crippen molar-refractivity contribution in [1.29, 1.82) is 0 Å². The van der Waals surface area contributed by atoms with Crippen LogP contribution in [0.25, 0.3) is 11.5 Å². The number of nitrogens with zero attached hydrogens (tertiary/aromatic N) is 2. The fraction of sp³-hybridized carbons (Fsp3) is 0.385. The average molecular weight is 283 g/mol. The van der Waals surface area contributed by atoms with Crippen LogP contribution in [0.2, 0.25) is 0 Å². The summed E-state index contributed by atoms with van der Waals surface area (Å²) in [6.07, 6.45) is 0.732. The lowest BCUT2D eigenvalue weighted by Gasteiger charge is -2.09. The molecule has 6 heteroatoms. The van der Waals surface area contributed by atoms with Gasteiger partial charge in [-0.1, -0.05) is 18.1 Å².